The van der Waals surface area contributed by atoms with Gasteiger partial charge in [0.25, 0.3) is 5.91 Å². The highest BCUT2D eigenvalue weighted by Gasteiger charge is 2.43. The second-order valence-electron chi connectivity index (χ2n) is 7.66. The number of ether oxygens (including phenoxy) is 2. The first-order chi connectivity index (χ1) is 13.0. The lowest BCUT2D eigenvalue weighted by Crippen LogP contribution is -2.35. The number of nitrogens with one attached hydrogen (secondary N) is 1. The van der Waals surface area contributed by atoms with Gasteiger partial charge in [0.15, 0.2) is 5.79 Å². The molecule has 1 aromatic heterocycles. The highest BCUT2D eigenvalue weighted by Crippen LogP contribution is 2.38. The minimum absolute atomic E-state index is 0.0580. The summed E-state index contributed by atoms with van der Waals surface area (Å²) >= 11 is 0. The second kappa shape index (κ2) is 7.44. The lowest BCUT2D eigenvalue weighted by atomic mass is 10.1. The fourth-order valence-electron chi connectivity index (χ4n) is 3.97. The number of benzene rings is 1. The summed E-state index contributed by atoms with van der Waals surface area (Å²) in [7, 11) is 0. The van der Waals surface area contributed by atoms with E-state index in [2.05, 4.69) is 16.5 Å². The summed E-state index contributed by atoms with van der Waals surface area (Å²) in [6, 6.07) is 9.75. The second-order valence-corrected chi connectivity index (χ2v) is 7.66. The van der Waals surface area contributed by atoms with E-state index in [4.69, 9.17) is 9.47 Å². The molecule has 6 nitrogen and oxygen atoms in total. The first-order valence-corrected chi connectivity index (χ1v) is 9.73. The minimum Gasteiger partial charge on any atom is -0.349 e. The van der Waals surface area contributed by atoms with Crippen molar-refractivity contribution < 1.29 is 14.3 Å². The molecule has 144 valence electrons. The quantitative estimate of drug-likeness (QED) is 0.880. The van der Waals surface area contributed by atoms with E-state index >= 15 is 0 Å². The molecule has 0 bridgehead atoms. The number of hydrogen-bond donors (Lipinski definition) is 1. The Labute approximate surface area is 159 Å². The summed E-state index contributed by atoms with van der Waals surface area (Å²) in [6.45, 7) is 5.78. The number of nitrogens with zero attached hydrogens (tertiary/aromatic N) is 2. The molecule has 2 aromatic rings. The monoisotopic (exact) mass is 369 g/mol. The van der Waals surface area contributed by atoms with E-state index < -0.39 is 0 Å². The van der Waals surface area contributed by atoms with Crippen molar-refractivity contribution >= 4 is 5.91 Å². The Bertz CT molecular complexity index is 807. The van der Waals surface area contributed by atoms with Crippen molar-refractivity contribution in [3.05, 3.63) is 52.8 Å². The molecule has 1 amide bonds. The van der Waals surface area contributed by atoms with Crippen LogP contribution >= 0.6 is 0 Å². The van der Waals surface area contributed by atoms with Crippen LogP contribution in [0.1, 0.15) is 53.0 Å². The molecule has 0 radical (unpaired) electrons. The number of aromatic nitrogens is 2. The van der Waals surface area contributed by atoms with E-state index in [9.17, 15) is 4.79 Å². The topological polar surface area (TPSA) is 65.4 Å². The predicted molar refractivity (Wildman–Crippen MR) is 102 cm³/mol. The van der Waals surface area contributed by atoms with Crippen molar-refractivity contribution in [3.63, 3.8) is 0 Å². The average Bonchev–Trinajstić information content (AvgIpc) is 3.36. The van der Waals surface area contributed by atoms with Crippen LogP contribution in [0.4, 0.5) is 0 Å². The lowest BCUT2D eigenvalue weighted by Gasteiger charge is -2.21. The van der Waals surface area contributed by atoms with Gasteiger partial charge < -0.3 is 14.8 Å². The maximum absolute atomic E-state index is 12.4. The summed E-state index contributed by atoms with van der Waals surface area (Å²) < 4.78 is 13.9. The molecule has 1 saturated carbocycles. The Balaban J connectivity index is 1.29. The molecule has 1 aromatic carbocycles. The van der Waals surface area contributed by atoms with Gasteiger partial charge >= 0.3 is 0 Å². The zero-order chi connectivity index (χ0) is 18.9. The number of carbonyl (C=O) groups excluding carboxylic acids is 1. The van der Waals surface area contributed by atoms with Gasteiger partial charge in [0.1, 0.15) is 6.10 Å². The standard InChI is InChI=1S/C21H27N3O3/c1-15-11-16(2)24(23-15)13-17-5-7-18(8-6-17)20(25)22-12-19-14-26-21(27-19)9-3-4-10-21/h5-8,11,19H,3-4,9-10,12-14H2,1-2H3,(H,22,25)/t19-/m0/s1. The first-order valence-electron chi connectivity index (χ1n) is 9.73. The summed E-state index contributed by atoms with van der Waals surface area (Å²) in [6.07, 6.45) is 4.19. The molecule has 1 aliphatic carbocycles. The summed E-state index contributed by atoms with van der Waals surface area (Å²) in [5.74, 6) is -0.455. The fraction of sp³-hybridized carbons (Fsp3) is 0.524. The van der Waals surface area contributed by atoms with E-state index in [0.717, 1.165) is 42.6 Å². The summed E-state index contributed by atoms with van der Waals surface area (Å²) in [5, 5.41) is 7.45. The Kier molecular flexibility index (Phi) is 5.02. The molecule has 27 heavy (non-hydrogen) atoms. The van der Waals surface area contributed by atoms with Crippen LogP contribution in [0.5, 0.6) is 0 Å². The number of rotatable bonds is 5. The number of carbonyl (C=O) groups is 1. The molecule has 1 spiro atoms. The van der Waals surface area contributed by atoms with Gasteiger partial charge in [-0.15, -0.1) is 0 Å². The third kappa shape index (κ3) is 4.06. The van der Waals surface area contributed by atoms with Crippen LogP contribution in [0.25, 0.3) is 0 Å². The van der Waals surface area contributed by atoms with Gasteiger partial charge in [-0.1, -0.05) is 12.1 Å². The van der Waals surface area contributed by atoms with Crippen molar-refractivity contribution in [2.45, 2.75) is 58.0 Å². The lowest BCUT2D eigenvalue weighted by molar-refractivity contribution is -0.161. The van der Waals surface area contributed by atoms with Crippen LogP contribution in [0.15, 0.2) is 30.3 Å². The number of aryl methyl sites for hydroxylation is 2. The van der Waals surface area contributed by atoms with Gasteiger partial charge in [-0.05, 0) is 50.5 Å². The van der Waals surface area contributed by atoms with Crippen LogP contribution in [-0.2, 0) is 16.0 Å². The molecule has 4 rings (SSSR count). The molecular weight excluding hydrogens is 342 g/mol. The van der Waals surface area contributed by atoms with Crippen molar-refractivity contribution in [1.29, 1.82) is 0 Å². The third-order valence-electron chi connectivity index (χ3n) is 5.42. The van der Waals surface area contributed by atoms with E-state index in [0.29, 0.717) is 25.3 Å². The third-order valence-corrected chi connectivity index (χ3v) is 5.42. The van der Waals surface area contributed by atoms with E-state index in [1.165, 1.54) is 0 Å². The predicted octanol–water partition coefficient (Wildman–Crippen LogP) is 2.96. The van der Waals surface area contributed by atoms with Gasteiger partial charge in [-0.3, -0.25) is 9.48 Å². The maximum Gasteiger partial charge on any atom is 0.251 e. The molecule has 1 atom stereocenters. The molecule has 2 fully saturated rings. The van der Waals surface area contributed by atoms with E-state index in [1.54, 1.807) is 0 Å². The van der Waals surface area contributed by atoms with Crippen LogP contribution < -0.4 is 5.32 Å². The Hall–Kier alpha value is -2.18. The SMILES string of the molecule is Cc1cc(C)n(Cc2ccc(C(=O)NC[C@H]3COC4(CCCC4)O3)cc2)n1. The fourth-order valence-corrected chi connectivity index (χ4v) is 3.97. The van der Waals surface area contributed by atoms with Crippen LogP contribution in [0.2, 0.25) is 0 Å². The number of amides is 1. The van der Waals surface area contributed by atoms with Gasteiger partial charge in [-0.25, -0.2) is 0 Å². The van der Waals surface area contributed by atoms with Gasteiger partial charge in [-0.2, -0.15) is 5.10 Å². The van der Waals surface area contributed by atoms with Crippen molar-refractivity contribution in [2.24, 2.45) is 0 Å². The van der Waals surface area contributed by atoms with E-state index in [1.807, 2.05) is 42.8 Å². The van der Waals surface area contributed by atoms with Gasteiger partial charge in [0.05, 0.1) is 18.8 Å². The maximum atomic E-state index is 12.4. The molecule has 1 aliphatic heterocycles. The largest absolute Gasteiger partial charge is 0.349 e. The minimum atomic E-state index is -0.375. The Morgan fingerprint density at radius 2 is 2.00 bits per heavy atom. The first kappa shape index (κ1) is 18.2. The van der Waals surface area contributed by atoms with Gasteiger partial charge in [0.2, 0.25) is 0 Å². The van der Waals surface area contributed by atoms with Crippen molar-refractivity contribution in [2.75, 3.05) is 13.2 Å². The van der Waals surface area contributed by atoms with Crippen molar-refractivity contribution in [1.82, 2.24) is 15.1 Å². The molecule has 2 aliphatic rings. The average molecular weight is 369 g/mol. The highest BCUT2D eigenvalue weighted by molar-refractivity contribution is 5.94. The Morgan fingerprint density at radius 1 is 1.26 bits per heavy atom. The molecule has 6 heteroatoms. The number of hydrogen-bond acceptors (Lipinski definition) is 4. The highest BCUT2D eigenvalue weighted by atomic mass is 16.7. The van der Waals surface area contributed by atoms with Gasteiger partial charge in [0, 0.05) is 30.6 Å². The molecule has 0 unspecified atom stereocenters. The Morgan fingerprint density at radius 3 is 2.67 bits per heavy atom. The molecular formula is C21H27N3O3. The van der Waals surface area contributed by atoms with Crippen molar-refractivity contribution in [3.8, 4) is 0 Å². The van der Waals surface area contributed by atoms with Crippen LogP contribution in [0.3, 0.4) is 0 Å². The smallest absolute Gasteiger partial charge is 0.251 e. The molecule has 1 N–H and O–H groups in total. The molecule has 1 saturated heterocycles. The zero-order valence-corrected chi connectivity index (χ0v) is 16.0. The zero-order valence-electron chi connectivity index (χ0n) is 16.0. The molecule has 2 heterocycles. The van der Waals surface area contributed by atoms with Crippen LogP contribution in [-0.4, -0.2) is 40.7 Å². The van der Waals surface area contributed by atoms with Crippen LogP contribution in [0, 0.1) is 13.8 Å². The summed E-state index contributed by atoms with van der Waals surface area (Å²) in [5.41, 5.74) is 3.92. The normalized spacial score (nSPS) is 21.0. The van der Waals surface area contributed by atoms with E-state index in [-0.39, 0.29) is 17.8 Å². The summed E-state index contributed by atoms with van der Waals surface area (Å²) in [4.78, 5) is 12.4.